The molecule has 0 amide bonds. The molecule has 3 N–H and O–H groups in total. The van der Waals surface area contributed by atoms with Crippen LogP contribution in [0, 0.1) is 6.92 Å². The summed E-state index contributed by atoms with van der Waals surface area (Å²) in [5, 5.41) is 21.7. The van der Waals surface area contributed by atoms with Gasteiger partial charge in [-0.1, -0.05) is 15.9 Å². The van der Waals surface area contributed by atoms with E-state index in [2.05, 4.69) is 21.2 Å². The largest absolute Gasteiger partial charge is 0.490 e. The zero-order valence-electron chi connectivity index (χ0n) is 11.0. The molecule has 0 aromatic heterocycles. The highest BCUT2D eigenvalue weighted by Gasteiger charge is 2.21. The number of benzene rings is 1. The fourth-order valence-electron chi connectivity index (χ4n) is 1.91. The van der Waals surface area contributed by atoms with Crippen molar-refractivity contribution in [2.24, 2.45) is 0 Å². The third-order valence-electron chi connectivity index (χ3n) is 3.11. The Hall–Kier alpha value is -0.620. The van der Waals surface area contributed by atoms with Gasteiger partial charge in [0.15, 0.2) is 0 Å². The number of aliphatic hydroxyl groups is 2. The molecule has 1 aromatic rings. The molecule has 1 saturated carbocycles. The maximum Gasteiger partial charge on any atom is 0.126 e. The van der Waals surface area contributed by atoms with Gasteiger partial charge in [0.2, 0.25) is 0 Å². The number of hydrogen-bond donors (Lipinski definition) is 3. The molecule has 0 heterocycles. The number of halogens is 1. The van der Waals surface area contributed by atoms with Gasteiger partial charge in [-0.15, -0.1) is 0 Å². The zero-order chi connectivity index (χ0) is 13.8. The molecule has 1 fully saturated rings. The number of aliphatic hydroxyl groups excluding tert-OH is 2. The molecule has 1 aromatic carbocycles. The number of ether oxygens (including phenoxy) is 1. The van der Waals surface area contributed by atoms with E-state index in [4.69, 9.17) is 9.84 Å². The lowest BCUT2D eigenvalue weighted by atomic mass is 10.1. The second-order valence-corrected chi connectivity index (χ2v) is 5.93. The molecule has 1 aliphatic rings. The van der Waals surface area contributed by atoms with Crippen molar-refractivity contribution in [3.63, 3.8) is 0 Å². The van der Waals surface area contributed by atoms with Gasteiger partial charge in [-0.05, 0) is 37.5 Å². The summed E-state index contributed by atoms with van der Waals surface area (Å²) < 4.78 is 6.68. The maximum atomic E-state index is 9.38. The van der Waals surface area contributed by atoms with Crippen LogP contribution in [0.5, 0.6) is 5.75 Å². The van der Waals surface area contributed by atoms with Crippen LogP contribution in [0.25, 0.3) is 0 Å². The number of hydrogen-bond acceptors (Lipinski definition) is 4. The number of nitrogens with one attached hydrogen (secondary N) is 1. The highest BCUT2D eigenvalue weighted by atomic mass is 79.9. The Bertz CT molecular complexity index is 435. The lowest BCUT2D eigenvalue weighted by molar-refractivity contribution is 0.0530. The summed E-state index contributed by atoms with van der Waals surface area (Å²) in [5.41, 5.74) is 2.09. The van der Waals surface area contributed by atoms with Crippen molar-refractivity contribution in [2.45, 2.75) is 38.5 Å². The molecule has 4 nitrogen and oxygen atoms in total. The van der Waals surface area contributed by atoms with Crippen LogP contribution in [0.3, 0.4) is 0 Å². The van der Waals surface area contributed by atoms with Crippen molar-refractivity contribution in [3.8, 4) is 5.75 Å². The van der Waals surface area contributed by atoms with Crippen LogP contribution < -0.4 is 10.1 Å². The van der Waals surface area contributed by atoms with Crippen LogP contribution in [-0.4, -0.2) is 35.6 Å². The molecule has 106 valence electrons. The second kappa shape index (κ2) is 6.70. The number of rotatable bonds is 7. The third kappa shape index (κ3) is 4.45. The van der Waals surface area contributed by atoms with Gasteiger partial charge in [-0.25, -0.2) is 0 Å². The molecular weight excluding hydrogens is 310 g/mol. The lowest BCUT2D eigenvalue weighted by Gasteiger charge is -2.17. The van der Waals surface area contributed by atoms with Crippen molar-refractivity contribution in [1.82, 2.24) is 5.32 Å². The summed E-state index contributed by atoms with van der Waals surface area (Å²) >= 11 is 3.49. The lowest BCUT2D eigenvalue weighted by Crippen LogP contribution is -2.23. The molecule has 1 aliphatic carbocycles. The molecule has 1 unspecified atom stereocenters. The Morgan fingerprint density at radius 3 is 2.84 bits per heavy atom. The predicted molar refractivity (Wildman–Crippen MR) is 77.3 cm³/mol. The Balaban J connectivity index is 2.08. The summed E-state index contributed by atoms with van der Waals surface area (Å²) in [4.78, 5) is 0. The van der Waals surface area contributed by atoms with E-state index >= 15 is 0 Å². The van der Waals surface area contributed by atoms with Gasteiger partial charge in [-0.3, -0.25) is 0 Å². The summed E-state index contributed by atoms with van der Waals surface area (Å²) in [6.07, 6.45) is 1.64. The molecule has 0 radical (unpaired) electrons. The Kier molecular flexibility index (Phi) is 5.21. The molecule has 0 saturated heterocycles. The van der Waals surface area contributed by atoms with E-state index in [-0.39, 0.29) is 13.2 Å². The molecule has 0 spiro atoms. The Morgan fingerprint density at radius 1 is 1.47 bits per heavy atom. The molecule has 5 heteroatoms. The van der Waals surface area contributed by atoms with E-state index in [1.165, 1.54) is 12.8 Å². The first-order chi connectivity index (χ1) is 9.10. The van der Waals surface area contributed by atoms with Gasteiger partial charge < -0.3 is 20.3 Å². The van der Waals surface area contributed by atoms with Crippen LogP contribution >= 0.6 is 15.9 Å². The first kappa shape index (κ1) is 14.8. The highest BCUT2D eigenvalue weighted by molar-refractivity contribution is 9.10. The molecule has 2 rings (SSSR count). The zero-order valence-corrected chi connectivity index (χ0v) is 12.6. The van der Waals surface area contributed by atoms with Gasteiger partial charge in [0.05, 0.1) is 6.61 Å². The molecule has 1 atom stereocenters. The maximum absolute atomic E-state index is 9.38. The van der Waals surface area contributed by atoms with Crippen LogP contribution in [0.2, 0.25) is 0 Å². The summed E-state index contributed by atoms with van der Waals surface area (Å²) in [6.45, 7) is 2.56. The second-order valence-electron chi connectivity index (χ2n) is 5.01. The standard InChI is InChI=1S/C14H20BrNO3/c1-9-4-11(15)5-10(6-16-12-2-3-12)14(9)19-8-13(18)7-17/h4-5,12-13,16-18H,2-3,6-8H2,1H3. The van der Waals surface area contributed by atoms with E-state index in [0.717, 1.165) is 27.9 Å². The molecule has 0 aliphatic heterocycles. The van der Waals surface area contributed by atoms with Crippen LogP contribution in [0.15, 0.2) is 16.6 Å². The SMILES string of the molecule is Cc1cc(Br)cc(CNC2CC2)c1OCC(O)CO. The van der Waals surface area contributed by atoms with Gasteiger partial charge in [-0.2, -0.15) is 0 Å². The van der Waals surface area contributed by atoms with Crippen molar-refractivity contribution >= 4 is 15.9 Å². The minimum atomic E-state index is -0.840. The normalized spacial score (nSPS) is 16.4. The minimum absolute atomic E-state index is 0.107. The summed E-state index contributed by atoms with van der Waals surface area (Å²) in [7, 11) is 0. The Morgan fingerprint density at radius 2 is 2.21 bits per heavy atom. The van der Waals surface area contributed by atoms with Crippen LogP contribution in [0.1, 0.15) is 24.0 Å². The smallest absolute Gasteiger partial charge is 0.126 e. The molecule has 19 heavy (non-hydrogen) atoms. The van der Waals surface area contributed by atoms with Gasteiger partial charge >= 0.3 is 0 Å². The first-order valence-electron chi connectivity index (χ1n) is 6.54. The van der Waals surface area contributed by atoms with Crippen molar-refractivity contribution in [3.05, 3.63) is 27.7 Å². The first-order valence-corrected chi connectivity index (χ1v) is 7.33. The number of aryl methyl sites for hydroxylation is 1. The average molecular weight is 330 g/mol. The van der Waals surface area contributed by atoms with E-state index in [0.29, 0.717) is 6.04 Å². The fourth-order valence-corrected chi connectivity index (χ4v) is 2.53. The topological polar surface area (TPSA) is 61.7 Å². The van der Waals surface area contributed by atoms with E-state index < -0.39 is 6.10 Å². The highest BCUT2D eigenvalue weighted by Crippen LogP contribution is 2.29. The quantitative estimate of drug-likeness (QED) is 0.713. The van der Waals surface area contributed by atoms with Crippen molar-refractivity contribution in [2.75, 3.05) is 13.2 Å². The predicted octanol–water partition coefficient (Wildman–Crippen LogP) is 1.74. The third-order valence-corrected chi connectivity index (χ3v) is 3.56. The molecule has 0 bridgehead atoms. The molecular formula is C14H20BrNO3. The summed E-state index contributed by atoms with van der Waals surface area (Å²) in [6, 6.07) is 4.65. The van der Waals surface area contributed by atoms with E-state index in [1.807, 2.05) is 19.1 Å². The average Bonchev–Trinajstić information content (AvgIpc) is 3.18. The van der Waals surface area contributed by atoms with Gasteiger partial charge in [0.25, 0.3) is 0 Å². The minimum Gasteiger partial charge on any atom is -0.490 e. The van der Waals surface area contributed by atoms with Crippen LogP contribution in [0.4, 0.5) is 0 Å². The monoisotopic (exact) mass is 329 g/mol. The van der Waals surface area contributed by atoms with Crippen LogP contribution in [-0.2, 0) is 6.54 Å². The summed E-state index contributed by atoms with van der Waals surface area (Å²) in [5.74, 6) is 0.795. The van der Waals surface area contributed by atoms with Crippen molar-refractivity contribution in [1.29, 1.82) is 0 Å². The Labute approximate surface area is 121 Å². The van der Waals surface area contributed by atoms with Gasteiger partial charge in [0.1, 0.15) is 18.5 Å². The van der Waals surface area contributed by atoms with Gasteiger partial charge in [0, 0.05) is 22.6 Å². The fraction of sp³-hybridized carbons (Fsp3) is 0.571. The van der Waals surface area contributed by atoms with E-state index in [9.17, 15) is 5.11 Å². The van der Waals surface area contributed by atoms with Crippen molar-refractivity contribution < 1.29 is 14.9 Å². The van der Waals surface area contributed by atoms with E-state index in [1.54, 1.807) is 0 Å².